The molecule has 0 bridgehead atoms. The third-order valence-corrected chi connectivity index (χ3v) is 6.11. The van der Waals surface area contributed by atoms with Crippen molar-refractivity contribution in [3.05, 3.63) is 87.9 Å². The van der Waals surface area contributed by atoms with Crippen molar-refractivity contribution < 1.29 is 14.3 Å². The number of esters is 1. The Morgan fingerprint density at radius 3 is 2.52 bits per heavy atom. The zero-order valence-electron chi connectivity index (χ0n) is 16.2. The second kappa shape index (κ2) is 6.53. The van der Waals surface area contributed by atoms with Gasteiger partial charge in [-0.2, -0.15) is 0 Å². The third kappa shape index (κ3) is 2.42. The van der Waals surface area contributed by atoms with Crippen molar-refractivity contribution in [3.63, 3.8) is 0 Å². The fourth-order valence-electron chi connectivity index (χ4n) is 4.45. The zero-order chi connectivity index (χ0) is 20.2. The summed E-state index contributed by atoms with van der Waals surface area (Å²) in [5.74, 6) is 0.915. The predicted molar refractivity (Wildman–Crippen MR) is 113 cm³/mol. The van der Waals surface area contributed by atoms with E-state index in [1.807, 2.05) is 42.5 Å². The van der Waals surface area contributed by atoms with Crippen LogP contribution in [0.3, 0.4) is 0 Å². The number of ether oxygens (including phenoxy) is 2. The molecular weight excluding hydrogens is 386 g/mol. The summed E-state index contributed by atoms with van der Waals surface area (Å²) in [6.45, 7) is 5.98. The molecule has 5 rings (SSSR count). The molecule has 0 saturated carbocycles. The molecule has 5 heteroatoms. The molecule has 2 aliphatic rings. The molecule has 0 fully saturated rings. The highest BCUT2D eigenvalue weighted by Crippen LogP contribution is 2.58. The number of hydrogen-bond donors (Lipinski definition) is 0. The van der Waals surface area contributed by atoms with Gasteiger partial charge >= 0.3 is 5.97 Å². The van der Waals surface area contributed by atoms with Gasteiger partial charge in [-0.05, 0) is 50.2 Å². The van der Waals surface area contributed by atoms with Crippen LogP contribution >= 0.6 is 11.6 Å². The maximum atomic E-state index is 12.9. The first-order chi connectivity index (χ1) is 14.1. The van der Waals surface area contributed by atoms with Gasteiger partial charge < -0.3 is 14.4 Å². The molecule has 1 unspecified atom stereocenters. The molecule has 2 heterocycles. The van der Waals surface area contributed by atoms with Crippen LogP contribution in [0.5, 0.6) is 11.5 Å². The Morgan fingerprint density at radius 1 is 0.931 bits per heavy atom. The van der Waals surface area contributed by atoms with Crippen LogP contribution in [0.15, 0.2) is 60.7 Å². The van der Waals surface area contributed by atoms with E-state index in [0.717, 1.165) is 29.9 Å². The molecule has 4 nitrogen and oxygen atoms in total. The van der Waals surface area contributed by atoms with E-state index in [1.165, 1.54) is 0 Å². The monoisotopic (exact) mass is 405 g/mol. The van der Waals surface area contributed by atoms with Crippen molar-refractivity contribution in [2.45, 2.75) is 19.4 Å². The average Bonchev–Trinajstić information content (AvgIpc) is 3.03. The summed E-state index contributed by atoms with van der Waals surface area (Å²) in [6, 6.07) is 19.1. The molecule has 1 spiro atoms. The second-order valence-electron chi connectivity index (χ2n) is 7.18. The summed E-state index contributed by atoms with van der Waals surface area (Å²) in [5.41, 5.74) is 2.73. The van der Waals surface area contributed by atoms with Crippen molar-refractivity contribution in [2.75, 3.05) is 18.0 Å². The molecular formula is C24H20ClNO3. The van der Waals surface area contributed by atoms with E-state index in [2.05, 4.69) is 24.8 Å². The predicted octanol–water partition coefficient (Wildman–Crippen LogP) is 5.75. The van der Waals surface area contributed by atoms with Crippen LogP contribution in [0, 0.1) is 0 Å². The Morgan fingerprint density at radius 2 is 1.72 bits per heavy atom. The van der Waals surface area contributed by atoms with Gasteiger partial charge in [0.05, 0.1) is 16.1 Å². The standard InChI is InChI=1S/C24H20ClNO3/c1-3-26(4-2)15-12-13-20-18(14-15)24(22-19(25)10-7-11-21(22)28-20)17-9-6-5-8-16(17)23(27)29-24/h5-14H,3-4H2,1-2H3. The minimum Gasteiger partial charge on any atom is -0.456 e. The first kappa shape index (κ1) is 18.1. The molecule has 3 aromatic carbocycles. The quantitative estimate of drug-likeness (QED) is 0.520. The van der Waals surface area contributed by atoms with E-state index >= 15 is 0 Å². The van der Waals surface area contributed by atoms with Crippen molar-refractivity contribution in [1.82, 2.24) is 0 Å². The topological polar surface area (TPSA) is 38.8 Å². The maximum absolute atomic E-state index is 12.9. The van der Waals surface area contributed by atoms with Gasteiger partial charge in [-0.3, -0.25) is 0 Å². The lowest BCUT2D eigenvalue weighted by atomic mass is 9.77. The number of fused-ring (bicyclic) bond motifs is 6. The number of carbonyl (C=O) groups excluding carboxylic acids is 1. The highest BCUT2D eigenvalue weighted by Gasteiger charge is 2.54. The molecule has 2 aliphatic heterocycles. The summed E-state index contributed by atoms with van der Waals surface area (Å²) < 4.78 is 12.4. The van der Waals surface area contributed by atoms with Crippen LogP contribution in [-0.2, 0) is 10.3 Å². The highest BCUT2D eigenvalue weighted by atomic mass is 35.5. The minimum absolute atomic E-state index is 0.354. The van der Waals surface area contributed by atoms with E-state index < -0.39 is 5.60 Å². The van der Waals surface area contributed by atoms with Crippen molar-refractivity contribution in [3.8, 4) is 11.5 Å². The van der Waals surface area contributed by atoms with Crippen LogP contribution < -0.4 is 9.64 Å². The van der Waals surface area contributed by atoms with Gasteiger partial charge in [0.1, 0.15) is 11.5 Å². The number of halogens is 1. The molecule has 29 heavy (non-hydrogen) atoms. The lowest BCUT2D eigenvalue weighted by molar-refractivity contribution is 0.0225. The molecule has 3 aromatic rings. The summed E-state index contributed by atoms with van der Waals surface area (Å²) in [4.78, 5) is 15.1. The molecule has 146 valence electrons. The molecule has 0 saturated heterocycles. The first-order valence-electron chi connectivity index (χ1n) is 9.79. The van der Waals surface area contributed by atoms with Gasteiger partial charge in [0.15, 0.2) is 5.60 Å². The highest BCUT2D eigenvalue weighted by molar-refractivity contribution is 6.32. The Bertz CT molecular complexity index is 1140. The summed E-state index contributed by atoms with van der Waals surface area (Å²) >= 11 is 6.67. The van der Waals surface area contributed by atoms with Crippen molar-refractivity contribution >= 4 is 23.3 Å². The largest absolute Gasteiger partial charge is 0.456 e. The van der Waals surface area contributed by atoms with Gasteiger partial charge in [0.2, 0.25) is 0 Å². The first-order valence-corrected chi connectivity index (χ1v) is 10.2. The normalized spacial score (nSPS) is 18.5. The van der Waals surface area contributed by atoms with Gasteiger partial charge in [0.25, 0.3) is 0 Å². The molecule has 1 atom stereocenters. The molecule has 0 radical (unpaired) electrons. The van der Waals surface area contributed by atoms with Gasteiger partial charge in [-0.25, -0.2) is 4.79 Å². The van der Waals surface area contributed by atoms with Crippen LogP contribution in [-0.4, -0.2) is 19.1 Å². The van der Waals surface area contributed by atoms with Crippen LogP contribution in [0.1, 0.15) is 40.9 Å². The Balaban J connectivity index is 1.86. The lowest BCUT2D eigenvalue weighted by Crippen LogP contribution is -2.34. The molecule has 0 aromatic heterocycles. The number of rotatable bonds is 3. The fraction of sp³-hybridized carbons (Fsp3) is 0.208. The Hall–Kier alpha value is -2.98. The van der Waals surface area contributed by atoms with Gasteiger partial charge in [-0.15, -0.1) is 0 Å². The van der Waals surface area contributed by atoms with Crippen molar-refractivity contribution in [2.24, 2.45) is 0 Å². The molecule has 0 aliphatic carbocycles. The van der Waals surface area contributed by atoms with Crippen LogP contribution in [0.4, 0.5) is 5.69 Å². The number of hydrogen-bond acceptors (Lipinski definition) is 4. The summed E-state index contributed by atoms with van der Waals surface area (Å²) in [5, 5.41) is 0.505. The van der Waals surface area contributed by atoms with Gasteiger partial charge in [0, 0.05) is 29.9 Å². The number of anilines is 1. The smallest absolute Gasteiger partial charge is 0.340 e. The van der Waals surface area contributed by atoms with E-state index in [4.69, 9.17) is 21.1 Å². The van der Waals surface area contributed by atoms with Crippen molar-refractivity contribution in [1.29, 1.82) is 0 Å². The average molecular weight is 406 g/mol. The van der Waals surface area contributed by atoms with Crippen LogP contribution in [0.2, 0.25) is 5.02 Å². The second-order valence-corrected chi connectivity index (χ2v) is 7.59. The summed E-state index contributed by atoms with van der Waals surface area (Å²) in [7, 11) is 0. The van der Waals surface area contributed by atoms with E-state index in [1.54, 1.807) is 12.1 Å². The van der Waals surface area contributed by atoms with Crippen LogP contribution in [0.25, 0.3) is 0 Å². The Labute approximate surface area is 174 Å². The Kier molecular flexibility index (Phi) is 4.07. The number of carbonyl (C=O) groups is 1. The lowest BCUT2D eigenvalue weighted by Gasteiger charge is -2.37. The van der Waals surface area contributed by atoms with E-state index in [-0.39, 0.29) is 5.97 Å². The third-order valence-electron chi connectivity index (χ3n) is 5.79. The number of nitrogens with zero attached hydrogens (tertiary/aromatic N) is 1. The summed E-state index contributed by atoms with van der Waals surface area (Å²) in [6.07, 6.45) is 0. The van der Waals surface area contributed by atoms with Gasteiger partial charge in [-0.1, -0.05) is 35.9 Å². The van der Waals surface area contributed by atoms with E-state index in [0.29, 0.717) is 27.6 Å². The molecule has 0 amide bonds. The van der Waals surface area contributed by atoms with E-state index in [9.17, 15) is 4.79 Å². The maximum Gasteiger partial charge on any atom is 0.340 e. The minimum atomic E-state index is -1.13. The zero-order valence-corrected chi connectivity index (χ0v) is 17.0. The fourth-order valence-corrected chi connectivity index (χ4v) is 4.75. The number of benzene rings is 3. The molecule has 0 N–H and O–H groups in total. The SMILES string of the molecule is CCN(CC)c1ccc2c(c1)C1(OC(=O)c3ccccc31)c1c(Cl)cccc1O2.